The second kappa shape index (κ2) is 24.1. The van der Waals surface area contributed by atoms with E-state index in [4.69, 9.17) is 14.2 Å². The molecule has 0 spiro atoms. The van der Waals surface area contributed by atoms with Gasteiger partial charge in [-0.25, -0.2) is 14.4 Å². The summed E-state index contributed by atoms with van der Waals surface area (Å²) in [5.41, 5.74) is -0.831. The molecule has 0 radical (unpaired) electrons. The van der Waals surface area contributed by atoms with Crippen LogP contribution in [0.2, 0.25) is 0 Å². The summed E-state index contributed by atoms with van der Waals surface area (Å²) in [5, 5.41) is 12.3. The first-order valence-electron chi connectivity index (χ1n) is 15.9. The van der Waals surface area contributed by atoms with E-state index in [-0.39, 0.29) is 36.7 Å². The standard InChI is InChI=1S/C31H53N5O12S/c1-9-10-11-12-13-23(37)33-19(2)26(40)35-20(28(42)46-7)14-15-24(38)34-21(27(41)32-16-25(39)45-6)17-49-18-22(29(43)47-8)36-30(44)48-31(3,4)5/h19-22H,9-18H2,1-8H3,(H,32,41)(H,33,37)(H,34,38)(H,35,40)(H,36,44)/t19-,20+,21+,22-/m0/s1. The molecular weight excluding hydrogens is 666 g/mol. The van der Waals surface area contributed by atoms with Gasteiger partial charge >= 0.3 is 24.0 Å². The van der Waals surface area contributed by atoms with Crippen LogP contribution < -0.4 is 26.6 Å². The van der Waals surface area contributed by atoms with Crippen LogP contribution in [0.3, 0.4) is 0 Å². The molecule has 0 fully saturated rings. The molecule has 18 heteroatoms. The molecule has 17 nitrogen and oxygen atoms in total. The third-order valence-electron chi connectivity index (χ3n) is 6.52. The molecule has 49 heavy (non-hydrogen) atoms. The summed E-state index contributed by atoms with van der Waals surface area (Å²) in [6.45, 7) is 7.97. The summed E-state index contributed by atoms with van der Waals surface area (Å²) in [4.78, 5) is 99.3. The van der Waals surface area contributed by atoms with Crippen LogP contribution in [0.25, 0.3) is 0 Å². The Morgan fingerprint density at radius 2 is 1.27 bits per heavy atom. The third-order valence-corrected chi connectivity index (χ3v) is 7.66. The van der Waals surface area contributed by atoms with E-state index in [1.54, 1.807) is 20.8 Å². The zero-order valence-electron chi connectivity index (χ0n) is 29.7. The second-order valence-electron chi connectivity index (χ2n) is 11.9. The topological polar surface area (TPSA) is 234 Å². The highest BCUT2D eigenvalue weighted by Gasteiger charge is 2.29. The van der Waals surface area contributed by atoms with Crippen molar-refractivity contribution in [1.29, 1.82) is 0 Å². The Morgan fingerprint density at radius 1 is 0.673 bits per heavy atom. The Morgan fingerprint density at radius 3 is 1.84 bits per heavy atom. The minimum Gasteiger partial charge on any atom is -0.468 e. The molecule has 0 bridgehead atoms. The molecule has 0 saturated carbocycles. The minimum absolute atomic E-state index is 0.0769. The van der Waals surface area contributed by atoms with Crippen LogP contribution in [0.5, 0.6) is 0 Å². The molecule has 0 saturated heterocycles. The first kappa shape index (κ1) is 44.9. The average molecular weight is 720 g/mol. The Kier molecular flexibility index (Phi) is 22.1. The summed E-state index contributed by atoms with van der Waals surface area (Å²) >= 11 is 1.01. The third kappa shape index (κ3) is 20.8. The van der Waals surface area contributed by atoms with Gasteiger partial charge in [-0.05, 0) is 40.5 Å². The van der Waals surface area contributed by atoms with Crippen molar-refractivity contribution in [3.8, 4) is 0 Å². The Bertz CT molecular complexity index is 1130. The average Bonchev–Trinajstić information content (AvgIpc) is 3.04. The fraction of sp³-hybridized carbons (Fsp3) is 0.742. The van der Waals surface area contributed by atoms with Crippen molar-refractivity contribution in [1.82, 2.24) is 26.6 Å². The van der Waals surface area contributed by atoms with Gasteiger partial charge in [-0.2, -0.15) is 11.8 Å². The van der Waals surface area contributed by atoms with Gasteiger partial charge in [0.1, 0.15) is 36.3 Å². The number of alkyl carbamates (subject to hydrolysis) is 1. The van der Waals surface area contributed by atoms with Crippen molar-refractivity contribution in [3.63, 3.8) is 0 Å². The van der Waals surface area contributed by atoms with Gasteiger partial charge in [-0.3, -0.25) is 24.0 Å². The number of methoxy groups -OCH3 is 3. The molecular formula is C31H53N5O12S. The van der Waals surface area contributed by atoms with Crippen LogP contribution in [0.4, 0.5) is 4.79 Å². The number of carbonyl (C=O) groups excluding carboxylic acids is 8. The fourth-order valence-corrected chi connectivity index (χ4v) is 4.99. The highest BCUT2D eigenvalue weighted by molar-refractivity contribution is 7.99. The monoisotopic (exact) mass is 719 g/mol. The zero-order chi connectivity index (χ0) is 37.6. The minimum atomic E-state index is -1.24. The van der Waals surface area contributed by atoms with Crippen molar-refractivity contribution in [2.45, 2.75) is 109 Å². The molecule has 0 heterocycles. The van der Waals surface area contributed by atoms with Crippen molar-refractivity contribution >= 4 is 59.4 Å². The van der Waals surface area contributed by atoms with Crippen LogP contribution in [0.1, 0.15) is 79.6 Å². The number of hydrogen-bond donors (Lipinski definition) is 5. The van der Waals surface area contributed by atoms with Crippen LogP contribution >= 0.6 is 11.8 Å². The Balaban J connectivity index is 5.46. The summed E-state index contributed by atoms with van der Waals surface area (Å²) in [5.74, 6) is -4.93. The first-order chi connectivity index (χ1) is 23.0. The number of amides is 5. The molecule has 0 aliphatic carbocycles. The van der Waals surface area contributed by atoms with Gasteiger partial charge in [0, 0.05) is 24.3 Å². The van der Waals surface area contributed by atoms with Crippen LogP contribution in [-0.2, 0) is 52.5 Å². The van der Waals surface area contributed by atoms with E-state index in [0.717, 1.165) is 52.4 Å². The molecule has 0 rings (SSSR count). The van der Waals surface area contributed by atoms with E-state index in [1.807, 2.05) is 0 Å². The number of carbonyl (C=O) groups is 8. The number of esters is 3. The molecule has 0 aliphatic rings. The van der Waals surface area contributed by atoms with E-state index in [0.29, 0.717) is 6.42 Å². The SMILES string of the molecule is CCCCCCC(=O)N[C@@H](C)C(=O)N[C@H](CCC(=O)N[C@H](CSC[C@H](NC(=O)OC(C)(C)C)C(=O)OC)C(=O)NCC(=O)OC)C(=O)OC. The van der Waals surface area contributed by atoms with Crippen molar-refractivity contribution < 1.29 is 57.3 Å². The zero-order valence-corrected chi connectivity index (χ0v) is 30.5. The molecule has 5 amide bonds. The number of nitrogens with one attached hydrogen (secondary N) is 5. The maximum atomic E-state index is 12.9. The highest BCUT2D eigenvalue weighted by atomic mass is 32.2. The van der Waals surface area contributed by atoms with Crippen molar-refractivity contribution in [3.05, 3.63) is 0 Å². The van der Waals surface area contributed by atoms with Crippen molar-refractivity contribution in [2.24, 2.45) is 0 Å². The Labute approximate surface area is 291 Å². The molecule has 0 aromatic heterocycles. The molecule has 280 valence electrons. The lowest BCUT2D eigenvalue weighted by atomic mass is 10.1. The van der Waals surface area contributed by atoms with E-state index in [9.17, 15) is 38.4 Å². The lowest BCUT2D eigenvalue weighted by molar-refractivity contribution is -0.145. The van der Waals surface area contributed by atoms with Gasteiger partial charge < -0.3 is 45.5 Å². The van der Waals surface area contributed by atoms with Crippen LogP contribution in [0, 0.1) is 0 Å². The number of thioether (sulfide) groups is 1. The van der Waals surface area contributed by atoms with Gasteiger partial charge in [-0.15, -0.1) is 0 Å². The second-order valence-corrected chi connectivity index (χ2v) is 13.0. The molecule has 0 unspecified atom stereocenters. The summed E-state index contributed by atoms with van der Waals surface area (Å²) < 4.78 is 19.2. The maximum Gasteiger partial charge on any atom is 0.408 e. The number of hydrogen-bond acceptors (Lipinski definition) is 13. The van der Waals surface area contributed by atoms with Crippen LogP contribution in [-0.4, -0.2) is 117 Å². The smallest absolute Gasteiger partial charge is 0.408 e. The number of rotatable bonds is 22. The quantitative estimate of drug-likeness (QED) is 0.0583. The normalized spacial score (nSPS) is 13.3. The van der Waals surface area contributed by atoms with Crippen LogP contribution in [0.15, 0.2) is 0 Å². The molecule has 0 aliphatic heterocycles. The van der Waals surface area contributed by atoms with E-state index in [1.165, 1.54) is 6.92 Å². The fourth-order valence-electron chi connectivity index (χ4n) is 3.92. The van der Waals surface area contributed by atoms with Gasteiger partial charge in [0.25, 0.3) is 0 Å². The van der Waals surface area contributed by atoms with Gasteiger partial charge in [-0.1, -0.05) is 26.2 Å². The number of unbranched alkanes of at least 4 members (excludes halogenated alkanes) is 3. The van der Waals surface area contributed by atoms with Gasteiger partial charge in [0.15, 0.2) is 0 Å². The summed E-state index contributed by atoms with van der Waals surface area (Å²) in [6.07, 6.45) is 2.43. The van der Waals surface area contributed by atoms with E-state index >= 15 is 0 Å². The molecule has 5 N–H and O–H groups in total. The lowest BCUT2D eigenvalue weighted by Crippen LogP contribution is -2.52. The van der Waals surface area contributed by atoms with E-state index < -0.39 is 78.0 Å². The lowest BCUT2D eigenvalue weighted by Gasteiger charge is -2.23. The predicted octanol–water partition coefficient (Wildman–Crippen LogP) is 0.473. The van der Waals surface area contributed by atoms with Gasteiger partial charge in [0.2, 0.25) is 23.6 Å². The maximum absolute atomic E-state index is 12.9. The molecule has 4 atom stereocenters. The largest absolute Gasteiger partial charge is 0.468 e. The summed E-state index contributed by atoms with van der Waals surface area (Å²) in [6, 6.07) is -4.59. The highest BCUT2D eigenvalue weighted by Crippen LogP contribution is 2.11. The molecule has 0 aromatic carbocycles. The predicted molar refractivity (Wildman–Crippen MR) is 179 cm³/mol. The molecule has 0 aromatic rings. The summed E-state index contributed by atoms with van der Waals surface area (Å²) in [7, 11) is 3.38. The van der Waals surface area contributed by atoms with Crippen molar-refractivity contribution in [2.75, 3.05) is 39.4 Å². The Hall–Kier alpha value is -4.09. The number of ether oxygens (including phenoxy) is 4. The van der Waals surface area contributed by atoms with E-state index in [2.05, 4.69) is 38.2 Å². The first-order valence-corrected chi connectivity index (χ1v) is 17.1. The van der Waals surface area contributed by atoms with Gasteiger partial charge in [0.05, 0.1) is 21.3 Å².